The van der Waals surface area contributed by atoms with Gasteiger partial charge < -0.3 is 94.4 Å². The molecule has 12 N–H and O–H groups in total. The molecule has 0 radical (unpaired) electrons. The van der Waals surface area contributed by atoms with Crippen LogP contribution in [0.4, 0.5) is 0 Å². The minimum Gasteiger partial charge on any atom is -0.394 e. The van der Waals surface area contributed by atoms with Crippen LogP contribution in [-0.2, 0) is 38.0 Å². The van der Waals surface area contributed by atoms with Gasteiger partial charge >= 0.3 is 0 Å². The van der Waals surface area contributed by atoms with Gasteiger partial charge in [-0.15, -0.1) is 0 Å². The van der Waals surface area contributed by atoms with Crippen LogP contribution in [0.3, 0.4) is 0 Å². The molecule has 65 heavy (non-hydrogen) atoms. The van der Waals surface area contributed by atoms with Gasteiger partial charge in [-0.2, -0.15) is 0 Å². The molecule has 0 amide bonds. The van der Waals surface area contributed by atoms with Gasteiger partial charge in [-0.3, -0.25) is 4.79 Å². The average Bonchev–Trinajstić information content (AvgIpc) is 3.79. The van der Waals surface area contributed by atoms with E-state index in [-0.39, 0.29) is 59.4 Å². The topological polar surface area (TPSA) is 324 Å². The van der Waals surface area contributed by atoms with E-state index in [9.17, 15) is 66.1 Å². The van der Waals surface area contributed by atoms with Gasteiger partial charge in [0.1, 0.15) is 79.0 Å². The van der Waals surface area contributed by atoms with E-state index in [4.69, 9.17) is 33.2 Å². The Morgan fingerprint density at radius 3 is 1.91 bits per heavy atom. The zero-order valence-corrected chi connectivity index (χ0v) is 37.6. The Morgan fingerprint density at radius 1 is 0.692 bits per heavy atom. The van der Waals surface area contributed by atoms with Gasteiger partial charge in [0.15, 0.2) is 18.9 Å². The molecular formula is C45H74O20. The number of fused-ring (bicyclic) bond motifs is 7. The van der Waals surface area contributed by atoms with Gasteiger partial charge in [-0.1, -0.05) is 27.7 Å². The summed E-state index contributed by atoms with van der Waals surface area (Å²) in [7, 11) is 0. The maximum absolute atomic E-state index is 14.7. The van der Waals surface area contributed by atoms with Crippen LogP contribution >= 0.6 is 0 Å². The Labute approximate surface area is 378 Å². The summed E-state index contributed by atoms with van der Waals surface area (Å²) in [6, 6.07) is 0. The predicted molar refractivity (Wildman–Crippen MR) is 220 cm³/mol. The maximum atomic E-state index is 14.7. The molecule has 20 heteroatoms. The van der Waals surface area contributed by atoms with Crippen molar-refractivity contribution < 1.29 is 99.2 Å². The second kappa shape index (κ2) is 19.6. The monoisotopic (exact) mass is 934 g/mol. The molecule has 0 bridgehead atoms. The molecule has 20 nitrogen and oxygen atoms in total. The lowest BCUT2D eigenvalue weighted by atomic mass is 9.44. The molecule has 0 spiro atoms. The number of ether oxygens (including phenoxy) is 7. The summed E-state index contributed by atoms with van der Waals surface area (Å²) in [5, 5.41) is 125. The fourth-order valence-electron chi connectivity index (χ4n) is 14.0. The maximum Gasteiger partial charge on any atom is 0.187 e. The summed E-state index contributed by atoms with van der Waals surface area (Å²) < 4.78 is 41.8. The molecule has 4 heterocycles. The average molecular weight is 935 g/mol. The standard InChI is InChI=1S/C45H74O20/c1-17(16-59-41-37(57)34(54)31(51)26(13-46)62-41)9-24(49)39-18(2)30-25(61-39)11-23-21-6-5-19-10-20(7-8-44(19,3)22(21)12-29(50)45(23,30)4)60-43-40(36(56)33(53)28(15-48)64-43)65-42-38(58)35(55)32(52)27(14-47)63-42/h17-28,30-43,46-49,51-58H,5-16H2,1-4H3/t17?,18?,19?,20?,21?,22?,23?,24?,25?,26-,27-,28-,30?,31-,32-,33+,34-,35-,36-,37-,38-,39?,40-,41-,42+,43-,44+,45-/m1/s1. The number of aliphatic hydroxyl groups excluding tert-OH is 12. The van der Waals surface area contributed by atoms with E-state index in [1.54, 1.807) is 0 Å². The highest BCUT2D eigenvalue weighted by Gasteiger charge is 2.69. The fraction of sp³-hybridized carbons (Fsp3) is 0.978. The first kappa shape index (κ1) is 50.3. The zero-order valence-electron chi connectivity index (χ0n) is 37.6. The lowest BCUT2D eigenvalue weighted by molar-refractivity contribution is -0.373. The van der Waals surface area contributed by atoms with Crippen LogP contribution in [0.2, 0.25) is 0 Å². The number of carbonyl (C=O) groups excluding carboxylic acids is 1. The van der Waals surface area contributed by atoms with Crippen LogP contribution in [0.1, 0.15) is 79.1 Å². The normalized spacial score (nSPS) is 54.3. The Bertz CT molecular complexity index is 1620. The molecule has 4 aliphatic carbocycles. The van der Waals surface area contributed by atoms with Gasteiger partial charge in [0.25, 0.3) is 0 Å². The second-order valence-corrected chi connectivity index (χ2v) is 21.3. The fourth-order valence-corrected chi connectivity index (χ4v) is 14.0. The van der Waals surface area contributed by atoms with Crippen molar-refractivity contribution in [2.75, 3.05) is 26.4 Å². The predicted octanol–water partition coefficient (Wildman–Crippen LogP) is -2.95. The molecule has 4 saturated carbocycles. The molecule has 8 rings (SSSR count). The number of rotatable bonds is 13. The number of carbonyl (C=O) groups is 1. The molecule has 11 unspecified atom stereocenters. The van der Waals surface area contributed by atoms with Gasteiger partial charge in [0.2, 0.25) is 0 Å². The minimum atomic E-state index is -1.78. The van der Waals surface area contributed by atoms with E-state index >= 15 is 0 Å². The molecule has 0 aromatic heterocycles. The third kappa shape index (κ3) is 8.79. The van der Waals surface area contributed by atoms with E-state index in [0.717, 1.165) is 25.7 Å². The second-order valence-electron chi connectivity index (χ2n) is 21.3. The van der Waals surface area contributed by atoms with Crippen molar-refractivity contribution in [3.63, 3.8) is 0 Å². The summed E-state index contributed by atoms with van der Waals surface area (Å²) in [5.41, 5.74) is -0.802. The van der Waals surface area contributed by atoms with Gasteiger partial charge in [0, 0.05) is 17.8 Å². The summed E-state index contributed by atoms with van der Waals surface area (Å²) >= 11 is 0. The first-order valence-corrected chi connectivity index (χ1v) is 23.8. The Balaban J connectivity index is 0.885. The van der Waals surface area contributed by atoms with Crippen LogP contribution < -0.4 is 0 Å². The molecule has 8 fully saturated rings. The highest BCUT2D eigenvalue weighted by Crippen LogP contribution is 2.69. The highest BCUT2D eigenvalue weighted by molar-refractivity contribution is 5.87. The zero-order chi connectivity index (χ0) is 47.0. The largest absolute Gasteiger partial charge is 0.394 e. The van der Waals surface area contributed by atoms with Gasteiger partial charge in [0.05, 0.1) is 50.8 Å². The van der Waals surface area contributed by atoms with Gasteiger partial charge in [-0.05, 0) is 85.9 Å². The lowest BCUT2D eigenvalue weighted by Crippen LogP contribution is -2.65. The summed E-state index contributed by atoms with van der Waals surface area (Å²) in [4.78, 5) is 14.7. The Kier molecular flexibility index (Phi) is 15.2. The van der Waals surface area contributed by atoms with Crippen molar-refractivity contribution in [1.82, 2.24) is 0 Å². The van der Waals surface area contributed by atoms with Crippen molar-refractivity contribution in [2.24, 2.45) is 52.3 Å². The van der Waals surface area contributed by atoms with E-state index in [2.05, 4.69) is 20.8 Å². The van der Waals surface area contributed by atoms with Crippen LogP contribution in [0.5, 0.6) is 0 Å². The van der Waals surface area contributed by atoms with Crippen LogP contribution in [-0.4, -0.2) is 210 Å². The number of ketones is 1. The number of Topliss-reactive ketones (excluding diaryl/α,β-unsaturated/α-hetero) is 1. The highest BCUT2D eigenvalue weighted by atomic mass is 16.8. The summed E-state index contributed by atoms with van der Waals surface area (Å²) in [6.07, 6.45) is -19.0. The third-order valence-electron chi connectivity index (χ3n) is 17.7. The molecule has 4 aliphatic heterocycles. The van der Waals surface area contributed by atoms with Gasteiger partial charge in [-0.25, -0.2) is 0 Å². The molecular weight excluding hydrogens is 860 g/mol. The van der Waals surface area contributed by atoms with Crippen molar-refractivity contribution >= 4 is 5.78 Å². The summed E-state index contributed by atoms with van der Waals surface area (Å²) in [6.45, 7) is 6.51. The van der Waals surface area contributed by atoms with Crippen LogP contribution in [0, 0.1) is 52.3 Å². The first-order valence-electron chi connectivity index (χ1n) is 23.8. The van der Waals surface area contributed by atoms with E-state index < -0.39 is 136 Å². The van der Waals surface area contributed by atoms with Crippen LogP contribution in [0.15, 0.2) is 0 Å². The molecule has 4 saturated heterocycles. The molecule has 374 valence electrons. The lowest BCUT2D eigenvalue weighted by Gasteiger charge is -2.60. The molecule has 28 atom stereocenters. The minimum absolute atomic E-state index is 0.0635. The van der Waals surface area contributed by atoms with E-state index in [1.807, 2.05) is 6.92 Å². The number of aliphatic hydroxyl groups is 12. The first-order chi connectivity index (χ1) is 30.8. The Morgan fingerprint density at radius 2 is 1.28 bits per heavy atom. The third-order valence-corrected chi connectivity index (χ3v) is 17.7. The smallest absolute Gasteiger partial charge is 0.187 e. The quantitative estimate of drug-likeness (QED) is 0.0822. The number of hydrogen-bond donors (Lipinski definition) is 12. The van der Waals surface area contributed by atoms with Crippen molar-refractivity contribution in [3.05, 3.63) is 0 Å². The summed E-state index contributed by atoms with van der Waals surface area (Å²) in [5.74, 6) is 0.558. The molecule has 8 aliphatic rings. The van der Waals surface area contributed by atoms with Crippen molar-refractivity contribution in [1.29, 1.82) is 0 Å². The molecule has 0 aromatic carbocycles. The number of hydrogen-bond acceptors (Lipinski definition) is 20. The van der Waals surface area contributed by atoms with E-state index in [0.29, 0.717) is 31.6 Å². The van der Waals surface area contributed by atoms with Crippen molar-refractivity contribution in [2.45, 2.75) is 196 Å². The van der Waals surface area contributed by atoms with Crippen molar-refractivity contribution in [3.8, 4) is 0 Å². The Hall–Kier alpha value is -1.09. The van der Waals surface area contributed by atoms with Crippen LogP contribution in [0.25, 0.3) is 0 Å². The SMILES string of the molecule is CC(CO[C@@H]1O[C@H](CO)[C@@H](O)[C@@H](O)[C@H]1O)CC(O)C1OC2CC3C4CCC5CC(O[C@@H]6O[C@H](CO)[C@H](O)[C@@H](O)[C@H]6O[C@@H]6O[C@H](CO)[C@@H](O)[C@@H](O)[C@H]6O)CC[C@]5(C)C4CC(=O)[C@]3(C)C2C1C. The van der Waals surface area contributed by atoms with E-state index in [1.165, 1.54) is 0 Å². The molecule has 0 aromatic rings.